The monoisotopic (exact) mass is 179 g/mol. The van der Waals surface area contributed by atoms with Gasteiger partial charge in [0, 0.05) is 26.2 Å². The van der Waals surface area contributed by atoms with E-state index in [4.69, 9.17) is 4.74 Å². The Morgan fingerprint density at radius 1 is 1.54 bits per heavy atom. The van der Waals surface area contributed by atoms with E-state index in [9.17, 15) is 0 Å². The minimum absolute atomic E-state index is 0.661. The number of likely N-dealkylation sites (N-methyl/N-ethyl adjacent to an activating group) is 1. The van der Waals surface area contributed by atoms with Crippen LogP contribution in [0.4, 0.5) is 11.5 Å². The third-order valence-electron chi connectivity index (χ3n) is 2.18. The van der Waals surface area contributed by atoms with Gasteiger partial charge in [0.1, 0.15) is 0 Å². The summed E-state index contributed by atoms with van der Waals surface area (Å²) in [4.78, 5) is 6.47. The van der Waals surface area contributed by atoms with E-state index in [1.54, 1.807) is 7.11 Å². The largest absolute Gasteiger partial charge is 0.481 e. The molecule has 1 aromatic rings. The molecule has 1 N–H and O–H groups in total. The molecular formula is C9H13N3O. The van der Waals surface area contributed by atoms with Crippen molar-refractivity contribution < 1.29 is 4.74 Å². The van der Waals surface area contributed by atoms with Gasteiger partial charge in [-0.1, -0.05) is 0 Å². The van der Waals surface area contributed by atoms with Crippen LogP contribution in [0.2, 0.25) is 0 Å². The molecule has 0 fully saturated rings. The van der Waals surface area contributed by atoms with Gasteiger partial charge in [0.05, 0.1) is 12.8 Å². The van der Waals surface area contributed by atoms with Crippen LogP contribution in [0.25, 0.3) is 0 Å². The SMILES string of the molecule is COc1ccc2c(n1)N(C)CCN2. The van der Waals surface area contributed by atoms with Crippen molar-refractivity contribution in [2.45, 2.75) is 0 Å². The predicted octanol–water partition coefficient (Wildman–Crippen LogP) is 0.952. The zero-order valence-corrected chi connectivity index (χ0v) is 7.87. The second kappa shape index (κ2) is 3.12. The number of hydrogen-bond donors (Lipinski definition) is 1. The van der Waals surface area contributed by atoms with E-state index < -0.39 is 0 Å². The van der Waals surface area contributed by atoms with Crippen molar-refractivity contribution in [1.82, 2.24) is 4.98 Å². The fourth-order valence-electron chi connectivity index (χ4n) is 1.44. The molecule has 2 rings (SSSR count). The Bertz CT molecular complexity index is 314. The summed E-state index contributed by atoms with van der Waals surface area (Å²) < 4.78 is 5.06. The molecule has 0 radical (unpaired) electrons. The van der Waals surface area contributed by atoms with E-state index in [0.29, 0.717) is 5.88 Å². The van der Waals surface area contributed by atoms with Crippen LogP contribution in [0, 0.1) is 0 Å². The lowest BCUT2D eigenvalue weighted by Crippen LogP contribution is -2.31. The van der Waals surface area contributed by atoms with E-state index in [2.05, 4.69) is 15.2 Å². The van der Waals surface area contributed by atoms with Crippen LogP contribution in [-0.4, -0.2) is 32.2 Å². The molecule has 1 aromatic heterocycles. The minimum atomic E-state index is 0.661. The van der Waals surface area contributed by atoms with Crippen molar-refractivity contribution in [3.05, 3.63) is 12.1 Å². The fraction of sp³-hybridized carbons (Fsp3) is 0.444. The average Bonchev–Trinajstić information content (AvgIpc) is 2.18. The average molecular weight is 179 g/mol. The Labute approximate surface area is 77.5 Å². The standard InChI is InChI=1S/C9H13N3O/c1-12-6-5-10-7-3-4-8(13-2)11-9(7)12/h3-4,10H,5-6H2,1-2H3. The fourth-order valence-corrected chi connectivity index (χ4v) is 1.44. The van der Waals surface area contributed by atoms with Crippen molar-refractivity contribution >= 4 is 11.5 Å². The highest BCUT2D eigenvalue weighted by atomic mass is 16.5. The first kappa shape index (κ1) is 8.16. The van der Waals surface area contributed by atoms with Crippen molar-refractivity contribution in [3.63, 3.8) is 0 Å². The van der Waals surface area contributed by atoms with Crippen molar-refractivity contribution in [2.24, 2.45) is 0 Å². The van der Waals surface area contributed by atoms with Crippen LogP contribution in [0.1, 0.15) is 0 Å². The lowest BCUT2D eigenvalue weighted by Gasteiger charge is -2.27. The molecule has 0 spiro atoms. The van der Waals surface area contributed by atoms with Gasteiger partial charge in [-0.25, -0.2) is 0 Å². The molecule has 13 heavy (non-hydrogen) atoms. The normalized spacial score (nSPS) is 14.8. The Morgan fingerprint density at radius 3 is 3.15 bits per heavy atom. The summed E-state index contributed by atoms with van der Waals surface area (Å²) in [7, 11) is 3.66. The Kier molecular flexibility index (Phi) is 1.96. The molecule has 2 heterocycles. The number of hydrogen-bond acceptors (Lipinski definition) is 4. The summed E-state index contributed by atoms with van der Waals surface area (Å²) in [5.74, 6) is 1.62. The van der Waals surface area contributed by atoms with E-state index in [0.717, 1.165) is 24.6 Å². The molecule has 0 amide bonds. The van der Waals surface area contributed by atoms with Crippen molar-refractivity contribution in [1.29, 1.82) is 0 Å². The van der Waals surface area contributed by atoms with E-state index in [-0.39, 0.29) is 0 Å². The smallest absolute Gasteiger partial charge is 0.215 e. The van der Waals surface area contributed by atoms with Gasteiger partial charge < -0.3 is 15.0 Å². The molecule has 4 heteroatoms. The number of anilines is 2. The lowest BCUT2D eigenvalue weighted by molar-refractivity contribution is 0.398. The summed E-state index contributed by atoms with van der Waals surface area (Å²) in [6.45, 7) is 1.95. The van der Waals surface area contributed by atoms with Crippen LogP contribution in [-0.2, 0) is 0 Å². The highest BCUT2D eigenvalue weighted by Gasteiger charge is 2.14. The summed E-state index contributed by atoms with van der Waals surface area (Å²) >= 11 is 0. The molecule has 0 atom stereocenters. The first-order chi connectivity index (χ1) is 6.31. The Morgan fingerprint density at radius 2 is 2.38 bits per heavy atom. The third kappa shape index (κ3) is 1.39. The number of nitrogens with one attached hydrogen (secondary N) is 1. The quantitative estimate of drug-likeness (QED) is 0.696. The van der Waals surface area contributed by atoms with E-state index in [1.807, 2.05) is 19.2 Å². The van der Waals surface area contributed by atoms with Gasteiger partial charge in [0.15, 0.2) is 5.82 Å². The zero-order valence-electron chi connectivity index (χ0n) is 7.87. The Hall–Kier alpha value is -1.45. The maximum Gasteiger partial charge on any atom is 0.215 e. The van der Waals surface area contributed by atoms with Crippen LogP contribution in [0.3, 0.4) is 0 Å². The van der Waals surface area contributed by atoms with Crippen LogP contribution in [0.5, 0.6) is 5.88 Å². The maximum absolute atomic E-state index is 5.06. The van der Waals surface area contributed by atoms with E-state index in [1.165, 1.54) is 0 Å². The summed E-state index contributed by atoms with van der Waals surface area (Å²) in [6, 6.07) is 3.86. The number of ether oxygens (including phenoxy) is 1. The summed E-state index contributed by atoms with van der Waals surface area (Å²) in [5, 5.41) is 3.28. The van der Waals surface area contributed by atoms with Crippen LogP contribution >= 0.6 is 0 Å². The number of methoxy groups -OCH3 is 1. The number of rotatable bonds is 1. The molecule has 4 nitrogen and oxygen atoms in total. The topological polar surface area (TPSA) is 37.4 Å². The molecule has 0 aromatic carbocycles. The molecule has 0 bridgehead atoms. The first-order valence-electron chi connectivity index (χ1n) is 4.31. The van der Waals surface area contributed by atoms with Gasteiger partial charge in [0.25, 0.3) is 0 Å². The van der Waals surface area contributed by atoms with Gasteiger partial charge in [0.2, 0.25) is 5.88 Å². The van der Waals surface area contributed by atoms with Gasteiger partial charge in [-0.3, -0.25) is 0 Å². The van der Waals surface area contributed by atoms with Crippen molar-refractivity contribution in [3.8, 4) is 5.88 Å². The predicted molar refractivity (Wildman–Crippen MR) is 52.5 cm³/mol. The van der Waals surface area contributed by atoms with Gasteiger partial charge in [-0.05, 0) is 6.07 Å². The number of nitrogens with zero attached hydrogens (tertiary/aromatic N) is 2. The maximum atomic E-state index is 5.06. The molecule has 0 saturated heterocycles. The number of aromatic nitrogens is 1. The second-order valence-electron chi connectivity index (χ2n) is 3.07. The molecule has 1 aliphatic rings. The van der Waals surface area contributed by atoms with E-state index >= 15 is 0 Å². The van der Waals surface area contributed by atoms with Gasteiger partial charge >= 0.3 is 0 Å². The molecule has 70 valence electrons. The second-order valence-corrected chi connectivity index (χ2v) is 3.07. The highest BCUT2D eigenvalue weighted by molar-refractivity contribution is 5.68. The first-order valence-corrected chi connectivity index (χ1v) is 4.31. The summed E-state index contributed by atoms with van der Waals surface area (Å²) in [6.07, 6.45) is 0. The number of fused-ring (bicyclic) bond motifs is 1. The van der Waals surface area contributed by atoms with Gasteiger partial charge in [-0.15, -0.1) is 0 Å². The molecule has 0 saturated carbocycles. The molecular weight excluding hydrogens is 166 g/mol. The molecule has 1 aliphatic heterocycles. The zero-order chi connectivity index (χ0) is 9.26. The van der Waals surface area contributed by atoms with Crippen LogP contribution in [0.15, 0.2) is 12.1 Å². The minimum Gasteiger partial charge on any atom is -0.481 e. The Balaban J connectivity index is 2.41. The molecule has 0 aliphatic carbocycles. The van der Waals surface area contributed by atoms with Crippen molar-refractivity contribution in [2.75, 3.05) is 37.5 Å². The number of pyridine rings is 1. The van der Waals surface area contributed by atoms with Crippen LogP contribution < -0.4 is 15.0 Å². The summed E-state index contributed by atoms with van der Waals surface area (Å²) in [5.41, 5.74) is 1.08. The third-order valence-corrected chi connectivity index (χ3v) is 2.18. The highest BCUT2D eigenvalue weighted by Crippen LogP contribution is 2.27. The van der Waals surface area contributed by atoms with Gasteiger partial charge in [-0.2, -0.15) is 4.98 Å². The lowest BCUT2D eigenvalue weighted by atomic mass is 10.3. The molecule has 0 unspecified atom stereocenters.